The lowest BCUT2D eigenvalue weighted by molar-refractivity contribution is -0.384. The van der Waals surface area contributed by atoms with Crippen LogP contribution in [-0.4, -0.2) is 34.2 Å². The van der Waals surface area contributed by atoms with Crippen LogP contribution < -0.4 is 5.32 Å². The molecule has 3 atom stereocenters. The van der Waals surface area contributed by atoms with Crippen molar-refractivity contribution in [2.75, 3.05) is 12.9 Å². The molecule has 5 nitrogen and oxygen atoms in total. The highest BCUT2D eigenvalue weighted by molar-refractivity contribution is 7.99. The van der Waals surface area contributed by atoms with Crippen molar-refractivity contribution < 1.29 is 10.0 Å². The second-order valence-corrected chi connectivity index (χ2v) is 5.56. The fourth-order valence-corrected chi connectivity index (χ4v) is 2.56. The Hall–Kier alpha value is -1.11. The minimum absolute atomic E-state index is 0.0806. The summed E-state index contributed by atoms with van der Waals surface area (Å²) in [5, 5.41) is 23.4. The van der Waals surface area contributed by atoms with E-state index in [-0.39, 0.29) is 29.6 Å². The molecular weight excluding hydrogens is 264 g/mol. The van der Waals surface area contributed by atoms with E-state index >= 15 is 0 Å². The van der Waals surface area contributed by atoms with Crippen LogP contribution in [0.3, 0.4) is 0 Å². The summed E-state index contributed by atoms with van der Waals surface area (Å²) in [4.78, 5) is 10.2. The van der Waals surface area contributed by atoms with Crippen molar-refractivity contribution in [1.82, 2.24) is 5.32 Å². The number of aliphatic hydroxyl groups is 1. The van der Waals surface area contributed by atoms with Crippen molar-refractivity contribution in [3.05, 3.63) is 39.9 Å². The van der Waals surface area contributed by atoms with E-state index in [0.29, 0.717) is 0 Å². The maximum atomic E-state index is 10.6. The molecule has 3 unspecified atom stereocenters. The summed E-state index contributed by atoms with van der Waals surface area (Å²) < 4.78 is 0. The highest BCUT2D eigenvalue weighted by Gasteiger charge is 2.18. The summed E-state index contributed by atoms with van der Waals surface area (Å²) in [7, 11) is 0. The average molecular weight is 284 g/mol. The van der Waals surface area contributed by atoms with Crippen molar-refractivity contribution in [1.29, 1.82) is 0 Å². The number of thioether (sulfide) groups is 1. The molecule has 0 aliphatic heterocycles. The van der Waals surface area contributed by atoms with Crippen molar-refractivity contribution in [3.8, 4) is 0 Å². The molecule has 1 rings (SSSR count). The van der Waals surface area contributed by atoms with Gasteiger partial charge in [-0.15, -0.1) is 0 Å². The summed E-state index contributed by atoms with van der Waals surface area (Å²) in [5.74, 6) is 0. The Bertz CT molecular complexity index is 407. The molecule has 0 saturated heterocycles. The van der Waals surface area contributed by atoms with Gasteiger partial charge in [0.2, 0.25) is 0 Å². The number of nitro groups is 1. The molecule has 106 valence electrons. The van der Waals surface area contributed by atoms with Crippen molar-refractivity contribution >= 4 is 17.4 Å². The molecule has 19 heavy (non-hydrogen) atoms. The topological polar surface area (TPSA) is 75.4 Å². The van der Waals surface area contributed by atoms with Crippen LogP contribution >= 0.6 is 11.8 Å². The SMILES string of the molecule is CSC(CO)C(C)NC(C)c1ccc([N+](=O)[O-])cc1. The first-order chi connectivity index (χ1) is 8.99. The Kier molecular flexibility index (Phi) is 6.27. The Morgan fingerprint density at radius 2 is 1.95 bits per heavy atom. The Morgan fingerprint density at radius 3 is 2.37 bits per heavy atom. The molecule has 6 heteroatoms. The van der Waals surface area contributed by atoms with Gasteiger partial charge in [-0.1, -0.05) is 12.1 Å². The van der Waals surface area contributed by atoms with Gasteiger partial charge in [0.1, 0.15) is 0 Å². The Labute approximate surface area is 117 Å². The maximum absolute atomic E-state index is 10.6. The molecule has 1 aromatic rings. The van der Waals surface area contributed by atoms with Crippen LogP contribution in [-0.2, 0) is 0 Å². The Morgan fingerprint density at radius 1 is 1.37 bits per heavy atom. The molecule has 0 aromatic heterocycles. The molecule has 0 aliphatic rings. The predicted octanol–water partition coefficient (Wildman–Crippen LogP) is 2.36. The first-order valence-corrected chi connectivity index (χ1v) is 7.42. The number of non-ortho nitro benzene ring substituents is 1. The number of benzene rings is 1. The number of nitro benzene ring substituents is 1. The van der Waals surface area contributed by atoms with Gasteiger partial charge in [0, 0.05) is 29.5 Å². The third kappa shape index (κ3) is 4.49. The van der Waals surface area contributed by atoms with E-state index in [1.165, 1.54) is 12.1 Å². The number of hydrogen-bond acceptors (Lipinski definition) is 5. The molecule has 0 aliphatic carbocycles. The number of rotatable bonds is 7. The summed E-state index contributed by atoms with van der Waals surface area (Å²) >= 11 is 1.62. The first kappa shape index (κ1) is 15.9. The highest BCUT2D eigenvalue weighted by Crippen LogP contribution is 2.19. The smallest absolute Gasteiger partial charge is 0.269 e. The van der Waals surface area contributed by atoms with Crippen LogP contribution in [0.15, 0.2) is 24.3 Å². The Balaban J connectivity index is 2.67. The van der Waals surface area contributed by atoms with Gasteiger partial charge in [-0.25, -0.2) is 0 Å². The van der Waals surface area contributed by atoms with Gasteiger partial charge in [0.15, 0.2) is 0 Å². The molecule has 0 radical (unpaired) electrons. The lowest BCUT2D eigenvalue weighted by Gasteiger charge is -2.25. The van der Waals surface area contributed by atoms with Crippen LogP contribution in [0, 0.1) is 10.1 Å². The van der Waals surface area contributed by atoms with E-state index in [1.807, 2.05) is 20.1 Å². The van der Waals surface area contributed by atoms with Crippen molar-refractivity contribution in [2.24, 2.45) is 0 Å². The summed E-state index contributed by atoms with van der Waals surface area (Å²) in [6.07, 6.45) is 1.97. The molecule has 1 aromatic carbocycles. The summed E-state index contributed by atoms with van der Waals surface area (Å²) in [5.41, 5.74) is 1.09. The van der Waals surface area contributed by atoms with Gasteiger partial charge in [-0.3, -0.25) is 10.1 Å². The quantitative estimate of drug-likeness (QED) is 0.594. The third-order valence-electron chi connectivity index (χ3n) is 3.16. The lowest BCUT2D eigenvalue weighted by atomic mass is 10.1. The minimum atomic E-state index is -0.403. The van der Waals surface area contributed by atoms with Gasteiger partial charge in [-0.2, -0.15) is 11.8 Å². The second kappa shape index (κ2) is 7.47. The van der Waals surface area contributed by atoms with Crippen molar-refractivity contribution in [2.45, 2.75) is 31.2 Å². The predicted molar refractivity (Wildman–Crippen MR) is 78.5 cm³/mol. The van der Waals surface area contributed by atoms with E-state index in [9.17, 15) is 15.2 Å². The molecule has 0 spiro atoms. The van der Waals surface area contributed by atoms with Crippen LogP contribution in [0.1, 0.15) is 25.5 Å². The van der Waals surface area contributed by atoms with Crippen LogP contribution in [0.5, 0.6) is 0 Å². The zero-order valence-corrected chi connectivity index (χ0v) is 12.2. The normalized spacial score (nSPS) is 15.8. The zero-order chi connectivity index (χ0) is 14.4. The van der Waals surface area contributed by atoms with E-state index in [4.69, 9.17) is 0 Å². The fraction of sp³-hybridized carbons (Fsp3) is 0.538. The van der Waals surface area contributed by atoms with Gasteiger partial charge < -0.3 is 10.4 Å². The molecular formula is C13H20N2O3S. The van der Waals surface area contributed by atoms with E-state index in [2.05, 4.69) is 5.32 Å². The lowest BCUT2D eigenvalue weighted by Crippen LogP contribution is -2.38. The van der Waals surface area contributed by atoms with Crippen LogP contribution in [0.2, 0.25) is 0 Å². The number of aliphatic hydroxyl groups excluding tert-OH is 1. The van der Waals surface area contributed by atoms with Crippen LogP contribution in [0.4, 0.5) is 5.69 Å². The fourth-order valence-electron chi connectivity index (χ4n) is 1.92. The molecule has 0 amide bonds. The van der Waals surface area contributed by atoms with Crippen LogP contribution in [0.25, 0.3) is 0 Å². The van der Waals surface area contributed by atoms with Gasteiger partial charge in [0.05, 0.1) is 11.5 Å². The van der Waals surface area contributed by atoms with Gasteiger partial charge >= 0.3 is 0 Å². The number of nitrogens with one attached hydrogen (secondary N) is 1. The maximum Gasteiger partial charge on any atom is 0.269 e. The third-order valence-corrected chi connectivity index (χ3v) is 4.32. The van der Waals surface area contributed by atoms with E-state index < -0.39 is 4.92 Å². The van der Waals surface area contributed by atoms with E-state index in [1.54, 1.807) is 23.9 Å². The standard InChI is InChI=1S/C13H20N2O3S/c1-9(14-10(2)13(8-16)19-3)11-4-6-12(7-5-11)15(17)18/h4-7,9-10,13-14,16H,8H2,1-3H3. The largest absolute Gasteiger partial charge is 0.395 e. The number of hydrogen-bond donors (Lipinski definition) is 2. The summed E-state index contributed by atoms with van der Waals surface area (Å²) in [6, 6.07) is 6.78. The molecule has 0 fully saturated rings. The molecule has 0 saturated carbocycles. The van der Waals surface area contributed by atoms with Crippen molar-refractivity contribution in [3.63, 3.8) is 0 Å². The van der Waals surface area contributed by atoms with Gasteiger partial charge in [0.25, 0.3) is 5.69 Å². The first-order valence-electron chi connectivity index (χ1n) is 6.13. The highest BCUT2D eigenvalue weighted by atomic mass is 32.2. The minimum Gasteiger partial charge on any atom is -0.395 e. The van der Waals surface area contributed by atoms with E-state index in [0.717, 1.165) is 5.56 Å². The average Bonchev–Trinajstić information content (AvgIpc) is 2.40. The zero-order valence-electron chi connectivity index (χ0n) is 11.4. The second-order valence-electron chi connectivity index (χ2n) is 4.48. The molecule has 0 bridgehead atoms. The molecule has 0 heterocycles. The monoisotopic (exact) mass is 284 g/mol. The number of nitrogens with zero attached hydrogens (tertiary/aromatic N) is 1. The summed E-state index contributed by atoms with van der Waals surface area (Å²) in [6.45, 7) is 4.16. The van der Waals surface area contributed by atoms with Gasteiger partial charge in [-0.05, 0) is 25.7 Å². The molecule has 2 N–H and O–H groups in total.